The van der Waals surface area contributed by atoms with Gasteiger partial charge in [0.2, 0.25) is 5.91 Å². The third kappa shape index (κ3) is 3.32. The first-order valence-corrected chi connectivity index (χ1v) is 5.07. The fraction of sp³-hybridized carbons (Fsp3) is 0.455. The van der Waals surface area contributed by atoms with Gasteiger partial charge in [-0.1, -0.05) is 6.92 Å². The molecule has 1 amide bonds. The van der Waals surface area contributed by atoms with Crippen molar-refractivity contribution in [2.75, 3.05) is 0 Å². The molecule has 0 fully saturated rings. The number of rotatable bonds is 5. The number of pyridine rings is 1. The Balaban J connectivity index is 2.56. The summed E-state index contributed by atoms with van der Waals surface area (Å²) in [7, 11) is 0. The molecule has 0 saturated carbocycles. The maximum absolute atomic E-state index is 11.0. The van der Waals surface area contributed by atoms with Crippen LogP contribution in [0.1, 0.15) is 24.5 Å². The van der Waals surface area contributed by atoms with E-state index in [9.17, 15) is 4.79 Å². The van der Waals surface area contributed by atoms with Gasteiger partial charge in [-0.2, -0.15) is 0 Å². The highest BCUT2D eigenvalue weighted by molar-refractivity contribution is 5.79. The lowest BCUT2D eigenvalue weighted by molar-refractivity contribution is -0.120. The molecule has 82 valence electrons. The number of primary amides is 1. The van der Waals surface area contributed by atoms with Crippen molar-refractivity contribution in [2.24, 2.45) is 5.73 Å². The minimum absolute atomic E-state index is 0.260. The smallest absolute Gasteiger partial charge is 0.234 e. The summed E-state index contributed by atoms with van der Waals surface area (Å²) in [5, 5.41) is 3.11. The van der Waals surface area contributed by atoms with Gasteiger partial charge in [0.15, 0.2) is 0 Å². The van der Waals surface area contributed by atoms with Crippen LogP contribution in [-0.2, 0) is 11.3 Å². The van der Waals surface area contributed by atoms with E-state index in [0.29, 0.717) is 13.0 Å². The Kier molecular flexibility index (Phi) is 4.24. The Hall–Kier alpha value is -1.42. The molecule has 0 aliphatic carbocycles. The number of carbonyl (C=O) groups excluding carboxylic acids is 1. The molecular formula is C11H17N3O. The first kappa shape index (κ1) is 11.7. The van der Waals surface area contributed by atoms with Crippen molar-refractivity contribution < 1.29 is 4.79 Å². The summed E-state index contributed by atoms with van der Waals surface area (Å²) in [5.74, 6) is -0.306. The number of aromatic nitrogens is 1. The zero-order valence-corrected chi connectivity index (χ0v) is 9.16. The molecule has 1 rings (SSSR count). The highest BCUT2D eigenvalue weighted by Gasteiger charge is 2.11. The first-order valence-electron chi connectivity index (χ1n) is 5.07. The summed E-state index contributed by atoms with van der Waals surface area (Å²) in [4.78, 5) is 15.0. The first-order chi connectivity index (χ1) is 7.15. The van der Waals surface area contributed by atoms with Crippen LogP contribution in [0.4, 0.5) is 0 Å². The molecule has 1 unspecified atom stereocenters. The quantitative estimate of drug-likeness (QED) is 0.748. The number of nitrogens with two attached hydrogens (primary N) is 1. The monoisotopic (exact) mass is 207 g/mol. The van der Waals surface area contributed by atoms with Crippen molar-refractivity contribution in [2.45, 2.75) is 32.9 Å². The fourth-order valence-corrected chi connectivity index (χ4v) is 1.36. The molecule has 4 heteroatoms. The number of carbonyl (C=O) groups is 1. The van der Waals surface area contributed by atoms with Crippen LogP contribution in [0.2, 0.25) is 0 Å². The van der Waals surface area contributed by atoms with Gasteiger partial charge in [-0.3, -0.25) is 9.78 Å². The molecule has 0 radical (unpaired) electrons. The third-order valence-corrected chi connectivity index (χ3v) is 2.44. The van der Waals surface area contributed by atoms with Gasteiger partial charge < -0.3 is 11.1 Å². The average Bonchev–Trinajstić information content (AvgIpc) is 2.21. The summed E-state index contributed by atoms with van der Waals surface area (Å²) in [5.41, 5.74) is 7.49. The van der Waals surface area contributed by atoms with E-state index in [1.807, 2.05) is 19.9 Å². The normalized spacial score (nSPS) is 12.4. The molecule has 0 aliphatic rings. The molecule has 1 aromatic rings. The van der Waals surface area contributed by atoms with Gasteiger partial charge in [-0.15, -0.1) is 0 Å². The largest absolute Gasteiger partial charge is 0.368 e. The number of nitrogens with one attached hydrogen (secondary N) is 1. The van der Waals surface area contributed by atoms with Crippen molar-refractivity contribution in [3.63, 3.8) is 0 Å². The molecule has 0 aromatic carbocycles. The maximum atomic E-state index is 11.0. The minimum Gasteiger partial charge on any atom is -0.368 e. The molecule has 1 aromatic heterocycles. The lowest BCUT2D eigenvalue weighted by Crippen LogP contribution is -2.40. The molecule has 1 atom stereocenters. The lowest BCUT2D eigenvalue weighted by Gasteiger charge is -2.13. The molecule has 3 N–H and O–H groups in total. The van der Waals surface area contributed by atoms with E-state index < -0.39 is 0 Å². The van der Waals surface area contributed by atoms with E-state index in [-0.39, 0.29) is 11.9 Å². The van der Waals surface area contributed by atoms with Crippen LogP contribution in [0.15, 0.2) is 18.5 Å². The van der Waals surface area contributed by atoms with Crippen molar-refractivity contribution in [3.05, 3.63) is 29.6 Å². The average molecular weight is 207 g/mol. The molecule has 1 heterocycles. The topological polar surface area (TPSA) is 68.0 Å². The second-order valence-corrected chi connectivity index (χ2v) is 3.55. The van der Waals surface area contributed by atoms with Crippen molar-refractivity contribution >= 4 is 5.91 Å². The van der Waals surface area contributed by atoms with Gasteiger partial charge >= 0.3 is 0 Å². The Morgan fingerprint density at radius 2 is 2.40 bits per heavy atom. The summed E-state index contributed by atoms with van der Waals surface area (Å²) < 4.78 is 0. The van der Waals surface area contributed by atoms with Crippen molar-refractivity contribution in [3.8, 4) is 0 Å². The van der Waals surface area contributed by atoms with Crippen molar-refractivity contribution in [1.82, 2.24) is 10.3 Å². The summed E-state index contributed by atoms with van der Waals surface area (Å²) in [6.07, 6.45) is 4.26. The van der Waals surface area contributed by atoms with Gasteiger partial charge in [-0.25, -0.2) is 0 Å². The van der Waals surface area contributed by atoms with Crippen LogP contribution >= 0.6 is 0 Å². The van der Waals surface area contributed by atoms with Crippen LogP contribution in [0, 0.1) is 6.92 Å². The third-order valence-electron chi connectivity index (χ3n) is 2.44. The Morgan fingerprint density at radius 1 is 1.67 bits per heavy atom. The second-order valence-electron chi connectivity index (χ2n) is 3.55. The Morgan fingerprint density at radius 3 is 2.93 bits per heavy atom. The number of aryl methyl sites for hydroxylation is 1. The van der Waals surface area contributed by atoms with E-state index in [4.69, 9.17) is 5.73 Å². The molecular weight excluding hydrogens is 190 g/mol. The van der Waals surface area contributed by atoms with Gasteiger partial charge in [-0.05, 0) is 30.5 Å². The van der Waals surface area contributed by atoms with Crippen LogP contribution < -0.4 is 11.1 Å². The molecule has 0 saturated heterocycles. The standard InChI is InChI=1S/C11H17N3O/c1-3-10(11(12)15)14-7-9-6-13-5-4-8(9)2/h4-6,10,14H,3,7H2,1-2H3,(H2,12,15). The number of nitrogens with zero attached hydrogens (tertiary/aromatic N) is 1. The molecule has 15 heavy (non-hydrogen) atoms. The highest BCUT2D eigenvalue weighted by Crippen LogP contribution is 2.04. The van der Waals surface area contributed by atoms with Crippen LogP contribution in [0.3, 0.4) is 0 Å². The van der Waals surface area contributed by atoms with Gasteiger partial charge in [0, 0.05) is 18.9 Å². The number of hydrogen-bond donors (Lipinski definition) is 2. The molecule has 4 nitrogen and oxygen atoms in total. The summed E-state index contributed by atoms with van der Waals surface area (Å²) in [6.45, 7) is 4.57. The van der Waals surface area contributed by atoms with Crippen LogP contribution in [0.5, 0.6) is 0 Å². The van der Waals surface area contributed by atoms with Crippen LogP contribution in [0.25, 0.3) is 0 Å². The number of amides is 1. The molecule has 0 bridgehead atoms. The Labute approximate surface area is 89.9 Å². The van der Waals surface area contributed by atoms with Crippen molar-refractivity contribution in [1.29, 1.82) is 0 Å². The van der Waals surface area contributed by atoms with Gasteiger partial charge in [0.1, 0.15) is 0 Å². The predicted molar refractivity (Wildman–Crippen MR) is 59.1 cm³/mol. The van der Waals surface area contributed by atoms with Gasteiger partial charge in [0.25, 0.3) is 0 Å². The number of hydrogen-bond acceptors (Lipinski definition) is 3. The fourth-order valence-electron chi connectivity index (χ4n) is 1.36. The molecule has 0 aliphatic heterocycles. The van der Waals surface area contributed by atoms with E-state index in [1.54, 1.807) is 12.4 Å². The highest BCUT2D eigenvalue weighted by atomic mass is 16.1. The van der Waals surface area contributed by atoms with E-state index >= 15 is 0 Å². The summed E-state index contributed by atoms with van der Waals surface area (Å²) in [6, 6.07) is 1.69. The zero-order valence-electron chi connectivity index (χ0n) is 9.16. The SMILES string of the molecule is CCC(NCc1cnccc1C)C(N)=O. The Bertz CT molecular complexity index is 338. The van der Waals surface area contributed by atoms with Crippen LogP contribution in [-0.4, -0.2) is 16.9 Å². The predicted octanol–water partition coefficient (Wildman–Crippen LogP) is 0.744. The van der Waals surface area contributed by atoms with E-state index in [2.05, 4.69) is 10.3 Å². The lowest BCUT2D eigenvalue weighted by atomic mass is 10.1. The molecule has 0 spiro atoms. The minimum atomic E-state index is -0.306. The zero-order chi connectivity index (χ0) is 11.3. The van der Waals surface area contributed by atoms with E-state index in [1.165, 1.54) is 0 Å². The van der Waals surface area contributed by atoms with E-state index in [0.717, 1.165) is 11.1 Å². The second kappa shape index (κ2) is 5.46. The maximum Gasteiger partial charge on any atom is 0.234 e. The summed E-state index contributed by atoms with van der Waals surface area (Å²) >= 11 is 0. The van der Waals surface area contributed by atoms with Gasteiger partial charge in [0.05, 0.1) is 6.04 Å².